The van der Waals surface area contributed by atoms with Crippen LogP contribution in [0.25, 0.3) is 0 Å². The maximum absolute atomic E-state index is 2.55. The second-order valence-electron chi connectivity index (χ2n) is 7.02. The maximum atomic E-state index is 2.55. The van der Waals surface area contributed by atoms with Gasteiger partial charge < -0.3 is 4.90 Å². The van der Waals surface area contributed by atoms with E-state index in [0.29, 0.717) is 5.31 Å². The fraction of sp³-hybridized carbons (Fsp3) is 1.00. The van der Waals surface area contributed by atoms with E-state index in [1.807, 2.05) is 0 Å². The molecule has 0 aromatic carbocycles. The Bertz CT molecular complexity index is 227. The number of hydrogen-bond donors (Lipinski definition) is 0. The van der Waals surface area contributed by atoms with Crippen LogP contribution < -0.4 is 0 Å². The van der Waals surface area contributed by atoms with Crippen molar-refractivity contribution in [3.63, 3.8) is 0 Å². The zero-order chi connectivity index (χ0) is 11.6. The van der Waals surface area contributed by atoms with E-state index in [4.69, 9.17) is 0 Å². The Kier molecular flexibility index (Phi) is 3.99. The molecule has 0 aromatic rings. The minimum atomic E-state index is 0.611. The highest BCUT2D eigenvalue weighted by molar-refractivity contribution is 6.14. The van der Waals surface area contributed by atoms with Crippen LogP contribution in [-0.4, -0.2) is 32.9 Å². The molecular formula is C14H28BN. The van der Waals surface area contributed by atoms with Crippen LogP contribution in [0.4, 0.5) is 0 Å². The third-order valence-electron chi connectivity index (χ3n) is 4.95. The van der Waals surface area contributed by atoms with Gasteiger partial charge in [-0.25, -0.2) is 0 Å². The fourth-order valence-electron chi connectivity index (χ4n) is 3.78. The molecule has 92 valence electrons. The van der Waals surface area contributed by atoms with Crippen LogP contribution in [0.15, 0.2) is 0 Å². The van der Waals surface area contributed by atoms with Crippen molar-refractivity contribution in [2.75, 3.05) is 20.1 Å². The summed E-state index contributed by atoms with van der Waals surface area (Å²) in [5.74, 6) is 2.05. The molecule has 0 radical (unpaired) electrons. The summed E-state index contributed by atoms with van der Waals surface area (Å²) in [5.41, 5.74) is 0. The van der Waals surface area contributed by atoms with Gasteiger partial charge in [-0.2, -0.15) is 0 Å². The summed E-state index contributed by atoms with van der Waals surface area (Å²) >= 11 is 0. The Labute approximate surface area is 102 Å². The van der Waals surface area contributed by atoms with E-state index in [1.165, 1.54) is 58.0 Å². The van der Waals surface area contributed by atoms with Crippen molar-refractivity contribution in [2.45, 2.75) is 57.2 Å². The van der Waals surface area contributed by atoms with Gasteiger partial charge in [0.15, 0.2) is 0 Å². The van der Waals surface area contributed by atoms with Gasteiger partial charge in [0, 0.05) is 6.54 Å². The summed E-state index contributed by atoms with van der Waals surface area (Å²) in [7, 11) is 4.76. The van der Waals surface area contributed by atoms with Crippen LogP contribution in [0.3, 0.4) is 0 Å². The zero-order valence-corrected chi connectivity index (χ0v) is 11.5. The first-order chi connectivity index (χ1) is 7.57. The Balaban J connectivity index is 1.95. The van der Waals surface area contributed by atoms with Crippen molar-refractivity contribution in [2.24, 2.45) is 11.8 Å². The third-order valence-corrected chi connectivity index (χ3v) is 4.95. The summed E-state index contributed by atoms with van der Waals surface area (Å²) in [6.45, 7) is 5.17. The second kappa shape index (κ2) is 5.12. The summed E-state index contributed by atoms with van der Waals surface area (Å²) in [5, 5.41) is 0.611. The number of likely N-dealkylation sites (tertiary alicyclic amines) is 1. The van der Waals surface area contributed by atoms with Gasteiger partial charge in [0.2, 0.25) is 0 Å². The summed E-state index contributed by atoms with van der Waals surface area (Å²) in [4.78, 5) is 2.55. The zero-order valence-electron chi connectivity index (χ0n) is 11.5. The molecule has 0 amide bonds. The van der Waals surface area contributed by atoms with Crippen LogP contribution in [0.1, 0.15) is 51.9 Å². The molecule has 1 aliphatic carbocycles. The van der Waals surface area contributed by atoms with E-state index in [1.54, 1.807) is 0 Å². The van der Waals surface area contributed by atoms with Gasteiger partial charge in [-0.1, -0.05) is 44.3 Å². The first kappa shape index (κ1) is 12.5. The molecule has 1 aliphatic heterocycles. The quantitative estimate of drug-likeness (QED) is 0.568. The molecule has 0 N–H and O–H groups in total. The number of nitrogens with zero attached hydrogens (tertiary/aromatic N) is 1. The summed E-state index contributed by atoms with van der Waals surface area (Å²) < 4.78 is 0. The van der Waals surface area contributed by atoms with Crippen LogP contribution in [-0.2, 0) is 0 Å². The van der Waals surface area contributed by atoms with Crippen LogP contribution in [0.5, 0.6) is 0 Å². The highest BCUT2D eigenvalue weighted by Gasteiger charge is 2.29. The van der Waals surface area contributed by atoms with E-state index in [2.05, 4.69) is 26.7 Å². The van der Waals surface area contributed by atoms with Gasteiger partial charge in [0.05, 0.1) is 0 Å². The molecule has 2 aliphatic rings. The predicted molar refractivity (Wildman–Crippen MR) is 73.7 cm³/mol. The summed E-state index contributed by atoms with van der Waals surface area (Å²) in [6, 6.07) is 0. The molecule has 3 unspecified atom stereocenters. The second-order valence-corrected chi connectivity index (χ2v) is 7.02. The molecule has 16 heavy (non-hydrogen) atoms. The largest absolute Gasteiger partial charge is 0.306 e. The average molecular weight is 221 g/mol. The minimum Gasteiger partial charge on any atom is -0.306 e. The average Bonchev–Trinajstić information content (AvgIpc) is 2.26. The Morgan fingerprint density at radius 1 is 1.06 bits per heavy atom. The minimum absolute atomic E-state index is 0.611. The fourth-order valence-corrected chi connectivity index (χ4v) is 3.78. The summed E-state index contributed by atoms with van der Waals surface area (Å²) in [6.07, 6.45) is 10.3. The van der Waals surface area contributed by atoms with Crippen molar-refractivity contribution >= 4 is 7.85 Å². The van der Waals surface area contributed by atoms with Crippen LogP contribution in [0.2, 0.25) is 5.31 Å². The van der Waals surface area contributed by atoms with Gasteiger partial charge >= 0.3 is 0 Å². The van der Waals surface area contributed by atoms with E-state index in [9.17, 15) is 0 Å². The lowest BCUT2D eigenvalue weighted by molar-refractivity contribution is 0.128. The first-order valence-corrected chi connectivity index (χ1v) is 7.25. The Morgan fingerprint density at radius 3 is 2.38 bits per heavy atom. The van der Waals surface area contributed by atoms with Gasteiger partial charge in [-0.3, -0.25) is 0 Å². The van der Waals surface area contributed by atoms with Crippen molar-refractivity contribution in [1.29, 1.82) is 0 Å². The normalized spacial score (nSPS) is 42.9. The standard InChI is InChI=1S/C14H28BN/c1-14(15)8-3-5-12-7-10-16(2)11-13(12)6-4-9-14/h12-13H,3-11,15H2,1-2H3. The van der Waals surface area contributed by atoms with E-state index in [0.717, 1.165) is 11.8 Å². The molecule has 2 rings (SSSR count). The van der Waals surface area contributed by atoms with E-state index < -0.39 is 0 Å². The molecule has 1 nitrogen and oxygen atoms in total. The van der Waals surface area contributed by atoms with Crippen molar-refractivity contribution in [3.8, 4) is 0 Å². The number of rotatable bonds is 0. The SMILES string of the molecule is BC1(C)CCCC2CCN(C)CC2CCC1. The Hall–Kier alpha value is 0.0249. The van der Waals surface area contributed by atoms with Gasteiger partial charge in [-0.05, 0) is 38.3 Å². The predicted octanol–water partition coefficient (Wildman–Crippen LogP) is 2.72. The molecule has 0 bridgehead atoms. The topological polar surface area (TPSA) is 3.24 Å². The molecule has 1 saturated carbocycles. The molecule has 1 heterocycles. The van der Waals surface area contributed by atoms with Crippen molar-refractivity contribution in [1.82, 2.24) is 4.90 Å². The van der Waals surface area contributed by atoms with Gasteiger partial charge in [0.25, 0.3) is 0 Å². The monoisotopic (exact) mass is 221 g/mol. The number of fused-ring (bicyclic) bond motifs is 1. The van der Waals surface area contributed by atoms with E-state index in [-0.39, 0.29) is 0 Å². The van der Waals surface area contributed by atoms with Crippen molar-refractivity contribution < 1.29 is 0 Å². The van der Waals surface area contributed by atoms with Gasteiger partial charge in [0.1, 0.15) is 7.85 Å². The van der Waals surface area contributed by atoms with Crippen molar-refractivity contribution in [3.05, 3.63) is 0 Å². The molecule has 3 atom stereocenters. The molecule has 0 spiro atoms. The van der Waals surface area contributed by atoms with Crippen LogP contribution >= 0.6 is 0 Å². The smallest absolute Gasteiger partial charge is 0.109 e. The maximum Gasteiger partial charge on any atom is 0.109 e. The first-order valence-electron chi connectivity index (χ1n) is 7.25. The molecule has 2 fully saturated rings. The lowest BCUT2D eigenvalue weighted by atomic mass is 9.64. The van der Waals surface area contributed by atoms with Crippen LogP contribution in [0, 0.1) is 11.8 Å². The molecule has 2 heteroatoms. The number of hydrogen-bond acceptors (Lipinski definition) is 1. The molecular weight excluding hydrogens is 193 g/mol. The van der Waals surface area contributed by atoms with Gasteiger partial charge in [-0.15, -0.1) is 0 Å². The third kappa shape index (κ3) is 3.26. The highest BCUT2D eigenvalue weighted by atomic mass is 15.1. The van der Waals surface area contributed by atoms with E-state index >= 15 is 0 Å². The Morgan fingerprint density at radius 2 is 1.69 bits per heavy atom. The lowest BCUT2D eigenvalue weighted by Crippen LogP contribution is -2.37. The number of piperidine rings is 1. The lowest BCUT2D eigenvalue weighted by Gasteiger charge is -2.36. The highest BCUT2D eigenvalue weighted by Crippen LogP contribution is 2.40. The molecule has 1 saturated heterocycles. The molecule has 0 aromatic heterocycles.